The number of anilines is 1. The van der Waals surface area contributed by atoms with Gasteiger partial charge in [0.25, 0.3) is 6.43 Å². The molecule has 10 heteroatoms. The average Bonchev–Trinajstić information content (AvgIpc) is 2.99. The summed E-state index contributed by atoms with van der Waals surface area (Å²) >= 11 is 0. The van der Waals surface area contributed by atoms with Gasteiger partial charge in [-0.2, -0.15) is 13.2 Å². The number of ether oxygens (including phenoxy) is 2. The number of amides is 1. The van der Waals surface area contributed by atoms with E-state index < -0.39 is 36.8 Å². The van der Waals surface area contributed by atoms with Crippen LogP contribution in [0.3, 0.4) is 0 Å². The molecule has 2 fully saturated rings. The van der Waals surface area contributed by atoms with Crippen molar-refractivity contribution >= 4 is 11.6 Å². The first-order valence-corrected chi connectivity index (χ1v) is 9.72. The highest BCUT2D eigenvalue weighted by atomic mass is 19.4. The van der Waals surface area contributed by atoms with Crippen LogP contribution in [0, 0.1) is 5.41 Å². The number of hydrogen-bond acceptors (Lipinski definition) is 4. The molecule has 5 nitrogen and oxygen atoms in total. The third-order valence-electron chi connectivity index (χ3n) is 5.82. The molecule has 1 saturated carbocycles. The average molecular weight is 437 g/mol. The number of benzene rings is 1. The molecule has 1 amide bonds. The molecule has 1 heterocycles. The highest BCUT2D eigenvalue weighted by Crippen LogP contribution is 2.48. The lowest BCUT2D eigenvalue weighted by Crippen LogP contribution is -2.46. The van der Waals surface area contributed by atoms with Crippen molar-refractivity contribution in [2.24, 2.45) is 5.41 Å². The summed E-state index contributed by atoms with van der Waals surface area (Å²) in [5, 5.41) is 10.5. The molecule has 1 saturated heterocycles. The lowest BCUT2D eigenvalue weighted by atomic mass is 9.68. The highest BCUT2D eigenvalue weighted by Gasteiger charge is 2.51. The molecular weight excluding hydrogens is 413 g/mol. The third-order valence-corrected chi connectivity index (χ3v) is 5.82. The van der Waals surface area contributed by atoms with E-state index in [9.17, 15) is 31.9 Å². The van der Waals surface area contributed by atoms with Gasteiger partial charge in [-0.1, -0.05) is 0 Å². The fraction of sp³-hybridized carbons (Fsp3) is 0.650. The van der Waals surface area contributed by atoms with Crippen molar-refractivity contribution in [3.63, 3.8) is 0 Å². The molecule has 168 valence electrons. The Hall–Kier alpha value is -1.94. The summed E-state index contributed by atoms with van der Waals surface area (Å²) in [5.74, 6) is -0.0361. The van der Waals surface area contributed by atoms with Gasteiger partial charge in [-0.15, -0.1) is 0 Å². The maximum atomic E-state index is 13.1. The van der Waals surface area contributed by atoms with E-state index in [2.05, 4.69) is 4.74 Å². The molecule has 2 aliphatic rings. The Balaban J connectivity index is 1.57. The van der Waals surface area contributed by atoms with Gasteiger partial charge in [-0.05, 0) is 56.4 Å². The first-order chi connectivity index (χ1) is 14.0. The smallest absolute Gasteiger partial charge is 0.422 e. The van der Waals surface area contributed by atoms with Crippen LogP contribution in [0.4, 0.5) is 27.6 Å². The lowest BCUT2D eigenvalue weighted by Gasteiger charge is -2.40. The summed E-state index contributed by atoms with van der Waals surface area (Å²) in [6.07, 6.45) is -5.04. The topological polar surface area (TPSA) is 59.0 Å². The predicted molar refractivity (Wildman–Crippen MR) is 97.6 cm³/mol. The zero-order valence-corrected chi connectivity index (χ0v) is 16.3. The second-order valence-electron chi connectivity index (χ2n) is 8.02. The Kier molecular flexibility index (Phi) is 6.57. The molecule has 0 atom stereocenters. The molecular formula is C20H24F5NO4. The van der Waals surface area contributed by atoms with Gasteiger partial charge in [0.1, 0.15) is 12.4 Å². The minimum absolute atomic E-state index is 0.0592. The molecule has 30 heavy (non-hydrogen) atoms. The summed E-state index contributed by atoms with van der Waals surface area (Å²) in [6, 6.07) is 5.86. The van der Waals surface area contributed by atoms with Crippen molar-refractivity contribution in [2.75, 3.05) is 31.3 Å². The number of carbonyl (C=O) groups is 1. The van der Waals surface area contributed by atoms with Crippen molar-refractivity contribution in [1.29, 1.82) is 0 Å². The van der Waals surface area contributed by atoms with Crippen LogP contribution in [0.25, 0.3) is 0 Å². The van der Waals surface area contributed by atoms with Crippen molar-refractivity contribution in [3.05, 3.63) is 24.3 Å². The maximum absolute atomic E-state index is 13.1. The number of nitrogens with zero attached hydrogens (tertiary/aromatic N) is 1. The predicted octanol–water partition coefficient (Wildman–Crippen LogP) is 3.94. The van der Waals surface area contributed by atoms with Gasteiger partial charge in [0, 0.05) is 12.2 Å². The summed E-state index contributed by atoms with van der Waals surface area (Å²) in [5.41, 5.74) is -1.27. The molecule has 0 unspecified atom stereocenters. The van der Waals surface area contributed by atoms with Crippen LogP contribution in [0.1, 0.15) is 32.1 Å². The van der Waals surface area contributed by atoms with Crippen LogP contribution in [-0.2, 0) is 9.53 Å². The molecule has 1 aliphatic heterocycles. The van der Waals surface area contributed by atoms with Crippen molar-refractivity contribution in [1.82, 2.24) is 0 Å². The fourth-order valence-electron chi connectivity index (χ4n) is 4.09. The molecule has 3 rings (SSSR count). The molecule has 1 aliphatic carbocycles. The van der Waals surface area contributed by atoms with Gasteiger partial charge in [-0.25, -0.2) is 8.78 Å². The maximum Gasteiger partial charge on any atom is 0.422 e. The SMILES string of the molecule is O=C1N(c2ccc(OCC(F)(F)F)cc2)CCC12CCC(O)(COCC(F)F)CC2. The number of rotatable bonds is 7. The van der Waals surface area contributed by atoms with Crippen molar-refractivity contribution in [2.45, 2.75) is 50.3 Å². The van der Waals surface area contributed by atoms with E-state index in [0.717, 1.165) is 0 Å². The number of halogens is 5. The van der Waals surface area contributed by atoms with Crippen molar-refractivity contribution in [3.8, 4) is 5.75 Å². The Morgan fingerprint density at radius 3 is 2.27 bits per heavy atom. The summed E-state index contributed by atoms with van der Waals surface area (Å²) in [4.78, 5) is 14.7. The van der Waals surface area contributed by atoms with Crippen molar-refractivity contribution < 1.29 is 41.3 Å². The van der Waals surface area contributed by atoms with Crippen LogP contribution < -0.4 is 9.64 Å². The number of hydrogen-bond donors (Lipinski definition) is 1. The Morgan fingerprint density at radius 2 is 1.70 bits per heavy atom. The number of carbonyl (C=O) groups excluding carboxylic acids is 1. The molecule has 0 aromatic heterocycles. The normalized spacial score (nSPS) is 27.3. The first-order valence-electron chi connectivity index (χ1n) is 9.72. The highest BCUT2D eigenvalue weighted by molar-refractivity contribution is 6.00. The van der Waals surface area contributed by atoms with Gasteiger partial charge in [-0.3, -0.25) is 4.79 Å². The van der Waals surface area contributed by atoms with Gasteiger partial charge < -0.3 is 19.5 Å². The van der Waals surface area contributed by atoms with E-state index in [-0.39, 0.29) is 31.1 Å². The molecule has 1 aromatic rings. The van der Waals surface area contributed by atoms with E-state index >= 15 is 0 Å². The zero-order valence-electron chi connectivity index (χ0n) is 16.3. The lowest BCUT2D eigenvalue weighted by molar-refractivity contribution is -0.153. The van der Waals surface area contributed by atoms with Crippen LogP contribution in [0.5, 0.6) is 5.75 Å². The fourth-order valence-corrected chi connectivity index (χ4v) is 4.09. The van der Waals surface area contributed by atoms with Gasteiger partial charge in [0.15, 0.2) is 6.61 Å². The first kappa shape index (κ1) is 22.7. The van der Waals surface area contributed by atoms with Crippen LogP contribution in [-0.4, -0.2) is 55.6 Å². The Bertz CT molecular complexity index is 730. The van der Waals surface area contributed by atoms with Gasteiger partial charge >= 0.3 is 6.18 Å². The van der Waals surface area contributed by atoms with Crippen LogP contribution >= 0.6 is 0 Å². The van der Waals surface area contributed by atoms with E-state index in [4.69, 9.17) is 4.74 Å². The van der Waals surface area contributed by atoms with Gasteiger partial charge in [0.2, 0.25) is 5.91 Å². The van der Waals surface area contributed by atoms with E-state index in [1.165, 1.54) is 12.1 Å². The summed E-state index contributed by atoms with van der Waals surface area (Å²) < 4.78 is 70.7. The third kappa shape index (κ3) is 5.40. The van der Waals surface area contributed by atoms with Crippen LogP contribution in [0.15, 0.2) is 24.3 Å². The second-order valence-corrected chi connectivity index (χ2v) is 8.02. The molecule has 0 bridgehead atoms. The van der Waals surface area contributed by atoms with Gasteiger partial charge in [0.05, 0.1) is 17.6 Å². The molecule has 1 N–H and O–H groups in total. The Labute approximate surface area is 170 Å². The van der Waals surface area contributed by atoms with Crippen LogP contribution in [0.2, 0.25) is 0 Å². The molecule has 1 spiro atoms. The summed E-state index contributed by atoms with van der Waals surface area (Å²) in [6.45, 7) is -1.85. The van der Waals surface area contributed by atoms with E-state index in [1.807, 2.05) is 0 Å². The second kappa shape index (κ2) is 8.66. The summed E-state index contributed by atoms with van der Waals surface area (Å²) in [7, 11) is 0. The Morgan fingerprint density at radius 1 is 1.07 bits per heavy atom. The monoisotopic (exact) mass is 437 g/mol. The molecule has 1 aromatic carbocycles. The zero-order chi connectivity index (χ0) is 22.0. The standard InChI is InChI=1S/C20H24F5NO4/c21-16(22)11-29-12-19(28)7-5-18(6-8-19)9-10-26(17(18)27)14-1-3-15(4-2-14)30-13-20(23,24)25/h1-4,16,28H,5-13H2. The number of aliphatic hydroxyl groups is 1. The minimum atomic E-state index is -4.43. The quantitative estimate of drug-likeness (QED) is 0.657. The minimum Gasteiger partial charge on any atom is -0.484 e. The largest absolute Gasteiger partial charge is 0.484 e. The molecule has 0 radical (unpaired) electrons. The van der Waals surface area contributed by atoms with E-state index in [0.29, 0.717) is 31.5 Å². The van der Waals surface area contributed by atoms with E-state index in [1.54, 1.807) is 17.0 Å². The number of alkyl halides is 5.